The summed E-state index contributed by atoms with van der Waals surface area (Å²) in [6, 6.07) is 3.76. The predicted molar refractivity (Wildman–Crippen MR) is 50.5 cm³/mol. The minimum atomic E-state index is -0.107. The van der Waals surface area contributed by atoms with E-state index in [0.717, 1.165) is 10.5 Å². The summed E-state index contributed by atoms with van der Waals surface area (Å²) >= 11 is 1.52. The first-order valence-corrected chi connectivity index (χ1v) is 4.89. The summed E-state index contributed by atoms with van der Waals surface area (Å²) in [5, 5.41) is 18.5. The van der Waals surface area contributed by atoms with E-state index in [1.807, 2.05) is 25.3 Å². The Labute approximate surface area is 76.2 Å². The van der Waals surface area contributed by atoms with Crippen molar-refractivity contribution in [3.63, 3.8) is 0 Å². The van der Waals surface area contributed by atoms with E-state index >= 15 is 0 Å². The van der Waals surface area contributed by atoms with Crippen LogP contribution in [-0.4, -0.2) is 16.5 Å². The van der Waals surface area contributed by atoms with Crippen molar-refractivity contribution in [3.05, 3.63) is 23.3 Å². The fourth-order valence-electron chi connectivity index (χ4n) is 1.08. The molecule has 0 radical (unpaired) electrons. The van der Waals surface area contributed by atoms with Crippen molar-refractivity contribution in [3.8, 4) is 5.75 Å². The molecule has 2 N–H and O–H groups in total. The van der Waals surface area contributed by atoms with E-state index in [0.29, 0.717) is 5.56 Å². The Morgan fingerprint density at radius 2 is 2.08 bits per heavy atom. The van der Waals surface area contributed by atoms with Crippen LogP contribution in [0.2, 0.25) is 0 Å². The fraction of sp³-hybridized carbons (Fsp3) is 0.333. The zero-order chi connectivity index (χ0) is 9.14. The minimum Gasteiger partial charge on any atom is -0.507 e. The van der Waals surface area contributed by atoms with E-state index in [-0.39, 0.29) is 12.4 Å². The van der Waals surface area contributed by atoms with Crippen molar-refractivity contribution >= 4 is 11.8 Å². The molecule has 0 fully saturated rings. The molecule has 1 aromatic rings. The standard InChI is InChI=1S/C9H12O2S/c1-6-3-4-8(12-2)7(5-10)9(6)11/h3-4,10-11H,5H2,1-2H3. The first kappa shape index (κ1) is 9.42. The summed E-state index contributed by atoms with van der Waals surface area (Å²) in [6.07, 6.45) is 1.92. The van der Waals surface area contributed by atoms with Gasteiger partial charge in [0.1, 0.15) is 5.75 Å². The lowest BCUT2D eigenvalue weighted by Gasteiger charge is -2.08. The molecule has 0 amide bonds. The second-order valence-corrected chi connectivity index (χ2v) is 3.42. The van der Waals surface area contributed by atoms with Crippen LogP contribution >= 0.6 is 11.8 Å². The largest absolute Gasteiger partial charge is 0.507 e. The van der Waals surface area contributed by atoms with Gasteiger partial charge in [-0.25, -0.2) is 0 Å². The molecule has 0 spiro atoms. The van der Waals surface area contributed by atoms with E-state index in [1.165, 1.54) is 11.8 Å². The smallest absolute Gasteiger partial charge is 0.125 e. The summed E-state index contributed by atoms with van der Waals surface area (Å²) in [6.45, 7) is 1.71. The SMILES string of the molecule is CSc1ccc(C)c(O)c1CO. The maximum absolute atomic E-state index is 9.54. The van der Waals surface area contributed by atoms with Crippen LogP contribution in [-0.2, 0) is 6.61 Å². The van der Waals surface area contributed by atoms with Crippen LogP contribution in [0.1, 0.15) is 11.1 Å². The number of hydrogen-bond donors (Lipinski definition) is 2. The molecular formula is C9H12O2S. The first-order valence-electron chi connectivity index (χ1n) is 3.67. The third-order valence-corrected chi connectivity index (χ3v) is 2.64. The van der Waals surface area contributed by atoms with E-state index in [9.17, 15) is 5.11 Å². The van der Waals surface area contributed by atoms with Crippen LogP contribution in [0.15, 0.2) is 17.0 Å². The van der Waals surface area contributed by atoms with E-state index in [2.05, 4.69) is 0 Å². The third-order valence-electron chi connectivity index (χ3n) is 1.82. The normalized spacial score (nSPS) is 10.2. The van der Waals surface area contributed by atoms with Crippen molar-refractivity contribution < 1.29 is 10.2 Å². The maximum atomic E-state index is 9.54. The molecule has 0 atom stereocenters. The number of rotatable bonds is 2. The molecule has 0 aliphatic rings. The van der Waals surface area contributed by atoms with E-state index in [1.54, 1.807) is 0 Å². The lowest BCUT2D eigenvalue weighted by molar-refractivity contribution is 0.272. The summed E-state index contributed by atoms with van der Waals surface area (Å²) in [5.74, 6) is 0.212. The highest BCUT2D eigenvalue weighted by Gasteiger charge is 2.07. The summed E-state index contributed by atoms with van der Waals surface area (Å²) in [4.78, 5) is 0.931. The fourth-order valence-corrected chi connectivity index (χ4v) is 1.69. The van der Waals surface area contributed by atoms with Crippen LogP contribution in [0.4, 0.5) is 0 Å². The van der Waals surface area contributed by atoms with Gasteiger partial charge in [0.15, 0.2) is 0 Å². The Kier molecular flexibility index (Phi) is 3.00. The van der Waals surface area contributed by atoms with Crippen molar-refractivity contribution in [2.45, 2.75) is 18.4 Å². The highest BCUT2D eigenvalue weighted by Crippen LogP contribution is 2.30. The van der Waals surface area contributed by atoms with Crippen LogP contribution < -0.4 is 0 Å². The molecule has 1 rings (SSSR count). The number of hydrogen-bond acceptors (Lipinski definition) is 3. The Morgan fingerprint density at radius 1 is 1.42 bits per heavy atom. The van der Waals surface area contributed by atoms with Gasteiger partial charge in [-0.15, -0.1) is 11.8 Å². The Bertz CT molecular complexity index is 284. The molecule has 66 valence electrons. The van der Waals surface area contributed by atoms with Gasteiger partial charge in [-0.1, -0.05) is 6.07 Å². The number of phenols is 1. The molecule has 0 bridgehead atoms. The number of thioether (sulfide) groups is 1. The second-order valence-electron chi connectivity index (χ2n) is 2.57. The van der Waals surface area contributed by atoms with Crippen molar-refractivity contribution in [2.75, 3.05) is 6.26 Å². The van der Waals surface area contributed by atoms with Gasteiger partial charge in [-0.2, -0.15) is 0 Å². The molecule has 0 aliphatic heterocycles. The average molecular weight is 184 g/mol. The predicted octanol–water partition coefficient (Wildman–Crippen LogP) is 1.91. The summed E-state index contributed by atoms with van der Waals surface area (Å²) < 4.78 is 0. The number of aryl methyl sites for hydroxylation is 1. The van der Waals surface area contributed by atoms with Gasteiger partial charge < -0.3 is 10.2 Å². The molecule has 2 nitrogen and oxygen atoms in total. The van der Waals surface area contributed by atoms with Gasteiger partial charge in [0, 0.05) is 10.5 Å². The Morgan fingerprint density at radius 3 is 2.58 bits per heavy atom. The monoisotopic (exact) mass is 184 g/mol. The van der Waals surface area contributed by atoms with E-state index < -0.39 is 0 Å². The molecule has 0 aromatic heterocycles. The molecule has 0 heterocycles. The van der Waals surface area contributed by atoms with Crippen molar-refractivity contribution in [1.29, 1.82) is 0 Å². The molecule has 0 saturated carbocycles. The van der Waals surface area contributed by atoms with Crippen LogP contribution in [0, 0.1) is 6.92 Å². The average Bonchev–Trinajstić information content (AvgIpc) is 2.09. The molecule has 0 unspecified atom stereocenters. The Balaban J connectivity index is 3.25. The van der Waals surface area contributed by atoms with Gasteiger partial charge >= 0.3 is 0 Å². The number of benzene rings is 1. The Hall–Kier alpha value is -0.670. The van der Waals surface area contributed by atoms with Crippen LogP contribution in [0.5, 0.6) is 5.75 Å². The van der Waals surface area contributed by atoms with Crippen LogP contribution in [0.25, 0.3) is 0 Å². The van der Waals surface area contributed by atoms with Gasteiger partial charge in [-0.3, -0.25) is 0 Å². The first-order chi connectivity index (χ1) is 5.70. The lowest BCUT2D eigenvalue weighted by atomic mass is 10.1. The summed E-state index contributed by atoms with van der Waals surface area (Å²) in [7, 11) is 0. The highest BCUT2D eigenvalue weighted by atomic mass is 32.2. The number of aliphatic hydroxyl groups excluding tert-OH is 1. The maximum Gasteiger partial charge on any atom is 0.125 e. The molecule has 0 aliphatic carbocycles. The molecule has 0 saturated heterocycles. The van der Waals surface area contributed by atoms with Gasteiger partial charge in [-0.05, 0) is 24.8 Å². The quantitative estimate of drug-likeness (QED) is 0.690. The molecule has 1 aromatic carbocycles. The zero-order valence-electron chi connectivity index (χ0n) is 7.16. The highest BCUT2D eigenvalue weighted by molar-refractivity contribution is 7.98. The zero-order valence-corrected chi connectivity index (χ0v) is 7.98. The third kappa shape index (κ3) is 1.57. The lowest BCUT2D eigenvalue weighted by Crippen LogP contribution is -1.90. The topological polar surface area (TPSA) is 40.5 Å². The summed E-state index contributed by atoms with van der Waals surface area (Å²) in [5.41, 5.74) is 1.43. The number of aliphatic hydroxyl groups is 1. The van der Waals surface area contributed by atoms with Crippen LogP contribution in [0.3, 0.4) is 0 Å². The molecular weight excluding hydrogens is 172 g/mol. The van der Waals surface area contributed by atoms with Gasteiger partial charge in [0.25, 0.3) is 0 Å². The van der Waals surface area contributed by atoms with E-state index in [4.69, 9.17) is 5.11 Å². The molecule has 12 heavy (non-hydrogen) atoms. The van der Waals surface area contributed by atoms with Gasteiger partial charge in [0.05, 0.1) is 6.61 Å². The second kappa shape index (κ2) is 3.83. The molecule has 3 heteroatoms. The number of aromatic hydroxyl groups is 1. The minimum absolute atomic E-state index is 0.107. The van der Waals surface area contributed by atoms with Crippen molar-refractivity contribution in [1.82, 2.24) is 0 Å². The van der Waals surface area contributed by atoms with Crippen molar-refractivity contribution in [2.24, 2.45) is 0 Å². The van der Waals surface area contributed by atoms with Gasteiger partial charge in [0.2, 0.25) is 0 Å².